The zero-order valence-electron chi connectivity index (χ0n) is 73.2. The van der Waals surface area contributed by atoms with E-state index in [1.807, 2.05) is 0 Å². The Morgan fingerprint density at radius 3 is 1.31 bits per heavy atom. The van der Waals surface area contributed by atoms with Gasteiger partial charge in [0, 0.05) is 40.0 Å². The number of unbranched alkanes of at least 4 members (excludes halogenated alkanes) is 30. The number of ether oxygens (including phenoxy) is 10. The van der Waals surface area contributed by atoms with Gasteiger partial charge in [0.25, 0.3) is 11.6 Å². The highest BCUT2D eigenvalue weighted by molar-refractivity contribution is 5.78. The second-order valence-electron chi connectivity index (χ2n) is 33.9. The molecule has 38 heteroatoms. The maximum absolute atomic E-state index is 14.2. The van der Waals surface area contributed by atoms with Crippen LogP contribution in [-0.4, -0.2) is 344 Å². The van der Waals surface area contributed by atoms with Gasteiger partial charge in [0.05, 0.1) is 76.1 Å². The number of rotatable bonds is 63. The fraction of sp³-hybridized carbons (Fsp3) is 0.884. The largest absolute Gasteiger partial charge is 0.477 e. The molecule has 0 bridgehead atoms. The molecule has 22 N–H and O–H groups in total. The summed E-state index contributed by atoms with van der Waals surface area (Å²) in [4.78, 5) is 79.3. The summed E-state index contributed by atoms with van der Waals surface area (Å²) in [5, 5.41) is 213. The lowest BCUT2D eigenvalue weighted by Crippen LogP contribution is -2.72. The highest BCUT2D eigenvalue weighted by Gasteiger charge is 2.64. The molecule has 0 spiro atoms. The predicted octanol–water partition coefficient (Wildman–Crippen LogP) is 1.20. The smallest absolute Gasteiger partial charge is 0.364 e. The average Bonchev–Trinajstić information content (AvgIpc) is 0.746. The number of aliphatic carboxylic acids is 2. The van der Waals surface area contributed by atoms with Crippen LogP contribution in [0, 0.1) is 0 Å². The molecule has 29 unspecified atom stereocenters. The fourth-order valence-corrected chi connectivity index (χ4v) is 16.5. The van der Waals surface area contributed by atoms with E-state index in [4.69, 9.17) is 47.4 Å². The minimum absolute atomic E-state index is 0.110. The number of nitrogens with one attached hydrogen (secondary N) is 4. The van der Waals surface area contributed by atoms with Crippen molar-refractivity contribution in [3.8, 4) is 0 Å². The third-order valence-corrected chi connectivity index (χ3v) is 23.6. The molecule has 0 radical (unpaired) electrons. The summed E-state index contributed by atoms with van der Waals surface area (Å²) in [5.41, 5.74) is 0. The average molecular weight is 1790 g/mol. The van der Waals surface area contributed by atoms with Gasteiger partial charge in [-0.1, -0.05) is 205 Å². The van der Waals surface area contributed by atoms with E-state index in [9.17, 15) is 121 Å². The Bertz CT molecular complexity index is 3060. The molecule has 124 heavy (non-hydrogen) atoms. The van der Waals surface area contributed by atoms with Gasteiger partial charge < -0.3 is 161 Å². The first-order valence-electron chi connectivity index (χ1n) is 45.4. The van der Waals surface area contributed by atoms with Crippen LogP contribution < -0.4 is 21.3 Å². The van der Waals surface area contributed by atoms with Crippen LogP contribution in [0.3, 0.4) is 0 Å². The first-order valence-corrected chi connectivity index (χ1v) is 45.4. The van der Waals surface area contributed by atoms with E-state index < -0.39 is 265 Å². The Labute approximate surface area is 728 Å². The molecule has 5 saturated heterocycles. The normalized spacial score (nSPS) is 32.0. The summed E-state index contributed by atoms with van der Waals surface area (Å²) in [6.45, 7) is 0.547. The van der Waals surface area contributed by atoms with Crippen molar-refractivity contribution < 1.29 is 168 Å². The van der Waals surface area contributed by atoms with Crippen molar-refractivity contribution >= 4 is 35.6 Å². The maximum Gasteiger partial charge on any atom is 0.364 e. The van der Waals surface area contributed by atoms with E-state index in [1.54, 1.807) is 6.08 Å². The van der Waals surface area contributed by atoms with E-state index in [0.29, 0.717) is 12.8 Å². The molecule has 5 heterocycles. The van der Waals surface area contributed by atoms with Crippen LogP contribution in [-0.2, 0) is 76.1 Å². The van der Waals surface area contributed by atoms with Crippen LogP contribution in [0.25, 0.3) is 0 Å². The summed E-state index contributed by atoms with van der Waals surface area (Å²) in [6.07, 6.45) is -7.24. The van der Waals surface area contributed by atoms with E-state index in [-0.39, 0.29) is 6.42 Å². The highest BCUT2D eigenvalue weighted by Crippen LogP contribution is 2.43. The Hall–Kier alpha value is -4.74. The summed E-state index contributed by atoms with van der Waals surface area (Å²) in [6, 6.07) is -6.83. The number of aliphatic hydroxyl groups is 16. The van der Waals surface area contributed by atoms with Gasteiger partial charge in [0.15, 0.2) is 18.9 Å². The van der Waals surface area contributed by atoms with Crippen LogP contribution in [0.1, 0.15) is 266 Å². The molecule has 5 rings (SSSR count). The van der Waals surface area contributed by atoms with E-state index in [1.165, 1.54) is 134 Å². The van der Waals surface area contributed by atoms with Crippen molar-refractivity contribution in [2.75, 3.05) is 39.6 Å². The number of amides is 4. The van der Waals surface area contributed by atoms with Crippen LogP contribution >= 0.6 is 0 Å². The molecule has 4 amide bonds. The Morgan fingerprint density at radius 1 is 0.435 bits per heavy atom. The molecule has 0 aromatic carbocycles. The van der Waals surface area contributed by atoms with E-state index >= 15 is 0 Å². The molecule has 720 valence electrons. The van der Waals surface area contributed by atoms with Gasteiger partial charge in [-0.3, -0.25) is 19.2 Å². The van der Waals surface area contributed by atoms with Gasteiger partial charge in [-0.15, -0.1) is 0 Å². The van der Waals surface area contributed by atoms with Crippen LogP contribution in [0.2, 0.25) is 0 Å². The maximum atomic E-state index is 14.2. The summed E-state index contributed by atoms with van der Waals surface area (Å²) in [7, 11) is 0. The van der Waals surface area contributed by atoms with Crippen LogP contribution in [0.4, 0.5) is 0 Å². The summed E-state index contributed by atoms with van der Waals surface area (Å²) < 4.78 is 60.0. The third kappa shape index (κ3) is 35.2. The highest BCUT2D eigenvalue weighted by atomic mass is 16.8. The number of carboxylic acids is 2. The fourth-order valence-electron chi connectivity index (χ4n) is 16.5. The molecule has 5 fully saturated rings. The first-order chi connectivity index (χ1) is 59.3. The lowest BCUT2D eigenvalue weighted by Gasteiger charge is -2.52. The van der Waals surface area contributed by atoms with Crippen molar-refractivity contribution in [3.63, 3.8) is 0 Å². The number of aliphatic hydroxyl groups excluding tert-OH is 16. The van der Waals surface area contributed by atoms with Crippen LogP contribution in [0.15, 0.2) is 24.3 Å². The van der Waals surface area contributed by atoms with Gasteiger partial charge >= 0.3 is 11.9 Å². The van der Waals surface area contributed by atoms with Crippen molar-refractivity contribution in [1.29, 1.82) is 0 Å². The lowest BCUT2D eigenvalue weighted by atomic mass is 9.87. The molecule has 0 aromatic heterocycles. The van der Waals surface area contributed by atoms with E-state index in [0.717, 1.165) is 91.4 Å². The minimum Gasteiger partial charge on any atom is -0.477 e. The topological polar surface area (TPSA) is 607 Å². The third-order valence-electron chi connectivity index (χ3n) is 23.6. The number of carbonyl (C=O) groups is 6. The predicted molar refractivity (Wildman–Crippen MR) is 444 cm³/mol. The van der Waals surface area contributed by atoms with Gasteiger partial charge in [-0.05, 0) is 44.9 Å². The van der Waals surface area contributed by atoms with Crippen molar-refractivity contribution in [2.45, 2.75) is 442 Å². The molecular formula is C86H152N4O34. The molecule has 5 aliphatic rings. The lowest BCUT2D eigenvalue weighted by molar-refractivity contribution is -0.402. The van der Waals surface area contributed by atoms with Crippen molar-refractivity contribution in [2.24, 2.45) is 0 Å². The monoisotopic (exact) mass is 1790 g/mol. The summed E-state index contributed by atoms with van der Waals surface area (Å²) in [5.74, 6) is -14.6. The van der Waals surface area contributed by atoms with Gasteiger partial charge in [0.2, 0.25) is 23.6 Å². The van der Waals surface area contributed by atoms with Crippen molar-refractivity contribution in [3.05, 3.63) is 24.3 Å². The van der Waals surface area contributed by atoms with Crippen molar-refractivity contribution in [1.82, 2.24) is 21.3 Å². The number of hydrogen-bond donors (Lipinski definition) is 22. The molecule has 5 aliphatic heterocycles. The first kappa shape index (κ1) is 110. The van der Waals surface area contributed by atoms with Gasteiger partial charge in [0.1, 0.15) is 110 Å². The Kier molecular flexibility index (Phi) is 52.1. The number of carboxylic acid groups (broad SMARTS) is 2. The Morgan fingerprint density at radius 2 is 0.847 bits per heavy atom. The molecular weight excluding hydrogens is 1630 g/mol. The van der Waals surface area contributed by atoms with Gasteiger partial charge in [-0.25, -0.2) is 9.59 Å². The molecule has 29 atom stereocenters. The second kappa shape index (κ2) is 58.8. The zero-order valence-corrected chi connectivity index (χ0v) is 73.2. The molecule has 38 nitrogen and oxygen atoms in total. The SMILES string of the molecule is CCCCCCCCC=CCCCCCCCCCCCCCCCC(=O)NC(COC1OC(CO)C(OC2OC(CO)C(OC3OC(CO)C(O)C(O)C3NC(C)=O)C(OC3(C(=O)O)CC(O)C(NC(C)=O)C(C(O)C(CO)OC4(C(=O)O)CC(O)C(NC(C)=O)C(C(O)C(O)CO)O4)O3)C2O)C(O)C1O)C(O)C=CCCCCCCCCCCCCC. The summed E-state index contributed by atoms with van der Waals surface area (Å²) >= 11 is 0. The second-order valence-corrected chi connectivity index (χ2v) is 33.9. The van der Waals surface area contributed by atoms with Gasteiger partial charge in [-0.2, -0.15) is 0 Å². The number of allylic oxidation sites excluding steroid dienone is 3. The number of carbonyl (C=O) groups excluding carboxylic acids is 4. The Balaban J connectivity index is 1.37. The molecule has 0 aromatic rings. The molecule has 0 aliphatic carbocycles. The number of hydrogen-bond acceptors (Lipinski definition) is 32. The minimum atomic E-state index is -3.59. The quantitative estimate of drug-likeness (QED) is 0.0300. The van der Waals surface area contributed by atoms with Crippen LogP contribution in [0.5, 0.6) is 0 Å². The van der Waals surface area contributed by atoms with E-state index in [2.05, 4.69) is 47.3 Å². The zero-order chi connectivity index (χ0) is 91.5. The standard InChI is InChI=1S/C86H152N4O34/c1-6-8-10-12-14-16-18-20-21-22-23-24-25-26-27-28-29-31-33-35-37-39-41-43-64(103)90-55(56(99)42-40-38-36-34-32-30-19-17-15-13-11-9-7-2)51-115-81-73(109)72(108)75(62(49-94)117-81)119-82-74(110)79(76(63(50-95)118-82)120-80-67(89-54(5)98)71(107)69(105)60(47-92)116-80)124-86(84(113)114)45-58(101)66(88-53(4)97)78(123-86)70(106)61(48-93)121-85(83(111)112)44-57(100)65(87-52(3)96)77(122-85)68(104)59(102)46-91/h20-21,40,42,55-63,65-82,91-95,99-102,104-110H,6-19,22-39,41,43-51H2,1-5H3,(H,87,96)(H,88,97)(H,89,98)(H,90,103)(H,111,112)(H,113,114). The molecule has 0 saturated carbocycles.